The molecule has 0 aliphatic heterocycles. The number of hydrogen-bond donors (Lipinski definition) is 1. The van der Waals surface area contributed by atoms with Gasteiger partial charge in [0.25, 0.3) is 0 Å². The van der Waals surface area contributed by atoms with Gasteiger partial charge in [0.1, 0.15) is 5.75 Å². The highest BCUT2D eigenvalue weighted by atomic mass is 19.2. The molecule has 0 fully saturated rings. The van der Waals surface area contributed by atoms with E-state index in [1.54, 1.807) is 12.1 Å². The topological polar surface area (TPSA) is 29.5 Å². The molecule has 2 nitrogen and oxygen atoms in total. The molecular weight excluding hydrogens is 262 g/mol. The third-order valence-corrected chi connectivity index (χ3v) is 3.19. The van der Waals surface area contributed by atoms with Crippen LogP contribution < -0.4 is 4.74 Å². The SMILES string of the molecule is COc1cc(C)ccc1C(O)Cc1cccc(F)c1F. The quantitative estimate of drug-likeness (QED) is 0.926. The van der Waals surface area contributed by atoms with Crippen LogP contribution in [0.15, 0.2) is 36.4 Å². The number of ether oxygens (including phenoxy) is 1. The molecule has 0 radical (unpaired) electrons. The molecule has 1 atom stereocenters. The van der Waals surface area contributed by atoms with Gasteiger partial charge < -0.3 is 9.84 Å². The summed E-state index contributed by atoms with van der Waals surface area (Å²) in [4.78, 5) is 0. The Morgan fingerprint density at radius 3 is 2.65 bits per heavy atom. The summed E-state index contributed by atoms with van der Waals surface area (Å²) < 4.78 is 32.0. The lowest BCUT2D eigenvalue weighted by Gasteiger charge is -2.16. The summed E-state index contributed by atoms with van der Waals surface area (Å²) in [5.41, 5.74) is 1.69. The van der Waals surface area contributed by atoms with Crippen molar-refractivity contribution in [2.45, 2.75) is 19.4 Å². The first-order chi connectivity index (χ1) is 9.52. The van der Waals surface area contributed by atoms with E-state index in [1.807, 2.05) is 13.0 Å². The van der Waals surface area contributed by atoms with Crippen molar-refractivity contribution in [1.82, 2.24) is 0 Å². The first-order valence-corrected chi connectivity index (χ1v) is 6.28. The van der Waals surface area contributed by atoms with Crippen molar-refractivity contribution in [2.24, 2.45) is 0 Å². The Labute approximate surface area is 116 Å². The van der Waals surface area contributed by atoms with Crippen molar-refractivity contribution in [1.29, 1.82) is 0 Å². The first-order valence-electron chi connectivity index (χ1n) is 6.28. The number of benzene rings is 2. The maximum atomic E-state index is 13.6. The van der Waals surface area contributed by atoms with Crippen molar-refractivity contribution >= 4 is 0 Å². The average molecular weight is 278 g/mol. The van der Waals surface area contributed by atoms with E-state index in [1.165, 1.54) is 19.2 Å². The fourth-order valence-corrected chi connectivity index (χ4v) is 2.12. The zero-order valence-electron chi connectivity index (χ0n) is 11.4. The maximum Gasteiger partial charge on any atom is 0.162 e. The van der Waals surface area contributed by atoms with Crippen LogP contribution in [0.2, 0.25) is 0 Å². The summed E-state index contributed by atoms with van der Waals surface area (Å²) in [6, 6.07) is 9.30. The predicted molar refractivity (Wildman–Crippen MR) is 72.8 cm³/mol. The van der Waals surface area contributed by atoms with Gasteiger partial charge in [0.2, 0.25) is 0 Å². The molecule has 1 N–H and O–H groups in total. The third-order valence-electron chi connectivity index (χ3n) is 3.19. The van der Waals surface area contributed by atoms with E-state index < -0.39 is 17.7 Å². The zero-order chi connectivity index (χ0) is 14.7. The van der Waals surface area contributed by atoms with E-state index in [4.69, 9.17) is 4.74 Å². The number of aliphatic hydroxyl groups is 1. The summed E-state index contributed by atoms with van der Waals surface area (Å²) in [5, 5.41) is 10.2. The molecule has 0 heterocycles. The fraction of sp³-hybridized carbons (Fsp3) is 0.250. The van der Waals surface area contributed by atoms with E-state index in [9.17, 15) is 13.9 Å². The van der Waals surface area contributed by atoms with Crippen LogP contribution in [0.4, 0.5) is 8.78 Å². The fourth-order valence-electron chi connectivity index (χ4n) is 2.12. The van der Waals surface area contributed by atoms with Crippen LogP contribution in [0.3, 0.4) is 0 Å². The lowest BCUT2D eigenvalue weighted by atomic mass is 9.99. The molecule has 2 aromatic rings. The van der Waals surface area contributed by atoms with Crippen LogP contribution in [0.25, 0.3) is 0 Å². The lowest BCUT2D eigenvalue weighted by molar-refractivity contribution is 0.172. The monoisotopic (exact) mass is 278 g/mol. The number of aliphatic hydroxyl groups excluding tert-OH is 1. The second-order valence-corrected chi connectivity index (χ2v) is 4.68. The molecule has 0 aromatic heterocycles. The third kappa shape index (κ3) is 2.96. The minimum Gasteiger partial charge on any atom is -0.496 e. The van der Waals surface area contributed by atoms with E-state index in [0.29, 0.717) is 11.3 Å². The zero-order valence-corrected chi connectivity index (χ0v) is 11.4. The molecule has 20 heavy (non-hydrogen) atoms. The van der Waals surface area contributed by atoms with Crippen molar-refractivity contribution in [3.05, 3.63) is 64.7 Å². The Morgan fingerprint density at radius 1 is 1.20 bits per heavy atom. The molecule has 1 unspecified atom stereocenters. The van der Waals surface area contributed by atoms with Gasteiger partial charge in [-0.1, -0.05) is 24.3 Å². The van der Waals surface area contributed by atoms with Gasteiger partial charge in [0.05, 0.1) is 13.2 Å². The predicted octanol–water partition coefficient (Wildman–Crippen LogP) is 3.56. The molecular formula is C16H16F2O2. The second kappa shape index (κ2) is 6.01. The number of rotatable bonds is 4. The van der Waals surface area contributed by atoms with Crippen molar-refractivity contribution in [3.63, 3.8) is 0 Å². The minimum absolute atomic E-state index is 0.0109. The van der Waals surface area contributed by atoms with Gasteiger partial charge in [0, 0.05) is 12.0 Å². The maximum absolute atomic E-state index is 13.6. The number of methoxy groups -OCH3 is 1. The lowest BCUT2D eigenvalue weighted by Crippen LogP contribution is -2.06. The Balaban J connectivity index is 2.28. The summed E-state index contributed by atoms with van der Waals surface area (Å²) >= 11 is 0. The number of aryl methyl sites for hydroxylation is 1. The highest BCUT2D eigenvalue weighted by molar-refractivity contribution is 5.39. The van der Waals surface area contributed by atoms with Crippen LogP contribution in [0.5, 0.6) is 5.75 Å². The number of halogens is 2. The van der Waals surface area contributed by atoms with Gasteiger partial charge in [-0.2, -0.15) is 0 Å². The molecule has 0 spiro atoms. The van der Waals surface area contributed by atoms with Crippen molar-refractivity contribution in [3.8, 4) is 5.75 Å². The molecule has 4 heteroatoms. The summed E-state index contributed by atoms with van der Waals surface area (Å²) in [6.07, 6.45) is -0.968. The summed E-state index contributed by atoms with van der Waals surface area (Å²) in [5.74, 6) is -1.29. The van der Waals surface area contributed by atoms with Crippen molar-refractivity contribution in [2.75, 3.05) is 7.11 Å². The molecule has 2 rings (SSSR count). The summed E-state index contributed by atoms with van der Waals surface area (Å²) in [7, 11) is 1.51. The molecule has 2 aromatic carbocycles. The molecule has 106 valence electrons. The highest BCUT2D eigenvalue weighted by Gasteiger charge is 2.17. The Bertz CT molecular complexity index is 611. The van der Waals surface area contributed by atoms with Crippen LogP contribution in [0.1, 0.15) is 22.8 Å². The summed E-state index contributed by atoms with van der Waals surface area (Å²) in [6.45, 7) is 1.91. The van der Waals surface area contributed by atoms with Crippen molar-refractivity contribution < 1.29 is 18.6 Å². The molecule has 0 bridgehead atoms. The molecule has 0 aliphatic carbocycles. The van der Waals surface area contributed by atoms with Crippen LogP contribution in [-0.4, -0.2) is 12.2 Å². The standard InChI is InChI=1S/C16H16F2O2/c1-10-6-7-12(15(8-10)20-2)14(19)9-11-4-3-5-13(17)16(11)18/h3-8,14,19H,9H2,1-2H3. The van der Waals surface area contributed by atoms with E-state index in [-0.39, 0.29) is 12.0 Å². The van der Waals surface area contributed by atoms with E-state index >= 15 is 0 Å². The van der Waals surface area contributed by atoms with Gasteiger partial charge in [-0.3, -0.25) is 0 Å². The molecule has 0 amide bonds. The first kappa shape index (κ1) is 14.5. The number of hydrogen-bond acceptors (Lipinski definition) is 2. The van der Waals surface area contributed by atoms with Crippen LogP contribution in [-0.2, 0) is 6.42 Å². The smallest absolute Gasteiger partial charge is 0.162 e. The highest BCUT2D eigenvalue weighted by Crippen LogP contribution is 2.29. The normalized spacial score (nSPS) is 12.2. The minimum atomic E-state index is -0.957. The van der Waals surface area contributed by atoms with Gasteiger partial charge in [-0.15, -0.1) is 0 Å². The Morgan fingerprint density at radius 2 is 1.95 bits per heavy atom. The van der Waals surface area contributed by atoms with Crippen LogP contribution >= 0.6 is 0 Å². The molecule has 0 aliphatic rings. The molecule has 0 saturated heterocycles. The Kier molecular flexibility index (Phi) is 4.35. The van der Waals surface area contributed by atoms with Gasteiger partial charge in [-0.05, 0) is 30.2 Å². The average Bonchev–Trinajstić information content (AvgIpc) is 2.43. The van der Waals surface area contributed by atoms with Crippen LogP contribution in [0, 0.1) is 18.6 Å². The van der Waals surface area contributed by atoms with Gasteiger partial charge in [-0.25, -0.2) is 8.78 Å². The van der Waals surface area contributed by atoms with Gasteiger partial charge >= 0.3 is 0 Å². The van der Waals surface area contributed by atoms with E-state index in [0.717, 1.165) is 11.6 Å². The molecule has 0 saturated carbocycles. The van der Waals surface area contributed by atoms with Gasteiger partial charge in [0.15, 0.2) is 11.6 Å². The van der Waals surface area contributed by atoms with E-state index in [2.05, 4.69) is 0 Å². The Hall–Kier alpha value is -1.94. The largest absolute Gasteiger partial charge is 0.496 e. The second-order valence-electron chi connectivity index (χ2n) is 4.68.